The number of sulfonamides is 1. The van der Waals surface area contributed by atoms with Crippen LogP contribution in [0.1, 0.15) is 17.3 Å². The third-order valence-corrected chi connectivity index (χ3v) is 7.25. The molecule has 32 heavy (non-hydrogen) atoms. The van der Waals surface area contributed by atoms with Gasteiger partial charge in [0, 0.05) is 24.8 Å². The molecule has 4 aromatic carbocycles. The van der Waals surface area contributed by atoms with Crippen molar-refractivity contribution in [2.24, 2.45) is 0 Å². The molecular formula is C26H24N2O3S. The van der Waals surface area contributed by atoms with Crippen LogP contribution in [-0.4, -0.2) is 27.9 Å². The van der Waals surface area contributed by atoms with Gasteiger partial charge in [-0.05, 0) is 60.2 Å². The Balaban J connectivity index is 1.67. The predicted octanol–water partition coefficient (Wildman–Crippen LogP) is 5.33. The zero-order valence-corrected chi connectivity index (χ0v) is 18.8. The van der Waals surface area contributed by atoms with Gasteiger partial charge in [0.05, 0.1) is 10.6 Å². The third kappa shape index (κ3) is 4.09. The molecule has 162 valence electrons. The van der Waals surface area contributed by atoms with E-state index in [0.29, 0.717) is 17.8 Å². The van der Waals surface area contributed by atoms with Crippen LogP contribution >= 0.6 is 0 Å². The van der Waals surface area contributed by atoms with Crippen LogP contribution in [-0.2, 0) is 10.0 Å². The molecule has 0 aromatic heterocycles. The van der Waals surface area contributed by atoms with E-state index in [1.54, 1.807) is 41.3 Å². The van der Waals surface area contributed by atoms with Crippen molar-refractivity contribution in [1.29, 1.82) is 0 Å². The summed E-state index contributed by atoms with van der Waals surface area (Å²) in [7, 11) is -2.30. The fourth-order valence-electron chi connectivity index (χ4n) is 3.67. The fourth-order valence-corrected chi connectivity index (χ4v) is 4.91. The number of carbonyl (C=O) groups excluding carboxylic acids is 1. The summed E-state index contributed by atoms with van der Waals surface area (Å²) in [4.78, 5) is 15.1. The molecular weight excluding hydrogens is 420 g/mol. The second kappa shape index (κ2) is 8.85. The molecule has 4 rings (SSSR count). The van der Waals surface area contributed by atoms with Gasteiger partial charge in [-0.15, -0.1) is 0 Å². The molecule has 0 radical (unpaired) electrons. The number of anilines is 2. The molecule has 0 saturated carbocycles. The molecule has 4 aromatic rings. The quantitative estimate of drug-likeness (QED) is 0.404. The number of amides is 1. The van der Waals surface area contributed by atoms with Crippen molar-refractivity contribution < 1.29 is 13.2 Å². The minimum absolute atomic E-state index is 0.0734. The van der Waals surface area contributed by atoms with E-state index in [9.17, 15) is 13.2 Å². The first-order chi connectivity index (χ1) is 15.4. The molecule has 0 aliphatic rings. The molecule has 0 fully saturated rings. The van der Waals surface area contributed by atoms with Gasteiger partial charge < -0.3 is 4.90 Å². The van der Waals surface area contributed by atoms with Crippen molar-refractivity contribution in [3.05, 3.63) is 103 Å². The van der Waals surface area contributed by atoms with Crippen molar-refractivity contribution in [2.45, 2.75) is 11.8 Å². The standard InChI is InChI=1S/C26H24N2O3S/c1-3-28(24-17-16-20-10-7-8-11-21(20)18-24)26(29)22-12-9-15-25(19-22)32(30,31)27(2)23-13-5-4-6-14-23/h4-19H,3H2,1-2H3. The van der Waals surface area contributed by atoms with Crippen molar-refractivity contribution in [3.63, 3.8) is 0 Å². The Hall–Kier alpha value is -3.64. The van der Waals surface area contributed by atoms with Crippen molar-refractivity contribution in [2.75, 3.05) is 22.8 Å². The Labute approximate surface area is 188 Å². The Kier molecular flexibility index (Phi) is 5.97. The Morgan fingerprint density at radius 2 is 1.44 bits per heavy atom. The van der Waals surface area contributed by atoms with Crippen LogP contribution in [0.5, 0.6) is 0 Å². The van der Waals surface area contributed by atoms with Gasteiger partial charge >= 0.3 is 0 Å². The van der Waals surface area contributed by atoms with Crippen molar-refractivity contribution in [1.82, 2.24) is 0 Å². The smallest absolute Gasteiger partial charge is 0.264 e. The molecule has 0 spiro atoms. The number of hydrogen-bond acceptors (Lipinski definition) is 3. The molecule has 0 N–H and O–H groups in total. The molecule has 0 atom stereocenters. The number of nitrogens with zero attached hydrogens (tertiary/aromatic N) is 2. The molecule has 1 amide bonds. The van der Waals surface area contributed by atoms with Gasteiger partial charge in [-0.25, -0.2) is 8.42 Å². The van der Waals surface area contributed by atoms with Gasteiger partial charge in [0.25, 0.3) is 15.9 Å². The Morgan fingerprint density at radius 1 is 0.750 bits per heavy atom. The van der Waals surface area contributed by atoms with E-state index in [1.165, 1.54) is 23.5 Å². The maximum Gasteiger partial charge on any atom is 0.264 e. The number of benzene rings is 4. The summed E-state index contributed by atoms with van der Waals surface area (Å²) in [5.41, 5.74) is 1.64. The number of para-hydroxylation sites is 1. The largest absolute Gasteiger partial charge is 0.309 e. The maximum absolute atomic E-state index is 13.3. The highest BCUT2D eigenvalue weighted by atomic mass is 32.2. The second-order valence-electron chi connectivity index (χ2n) is 7.42. The van der Waals surface area contributed by atoms with Crippen LogP contribution < -0.4 is 9.21 Å². The number of carbonyl (C=O) groups is 1. The minimum Gasteiger partial charge on any atom is -0.309 e. The van der Waals surface area contributed by atoms with Crippen LogP contribution in [0, 0.1) is 0 Å². The Morgan fingerprint density at radius 3 is 2.16 bits per heavy atom. The molecule has 0 saturated heterocycles. The first-order valence-electron chi connectivity index (χ1n) is 10.4. The normalized spacial score (nSPS) is 11.3. The highest BCUT2D eigenvalue weighted by molar-refractivity contribution is 7.92. The summed E-state index contributed by atoms with van der Waals surface area (Å²) in [6, 6.07) is 28.9. The molecule has 5 nitrogen and oxygen atoms in total. The van der Waals surface area contributed by atoms with E-state index < -0.39 is 10.0 Å². The van der Waals surface area contributed by atoms with E-state index in [2.05, 4.69) is 0 Å². The van der Waals surface area contributed by atoms with Crippen LogP contribution in [0.2, 0.25) is 0 Å². The number of fused-ring (bicyclic) bond motifs is 1. The van der Waals surface area contributed by atoms with Crippen LogP contribution in [0.15, 0.2) is 102 Å². The zero-order chi connectivity index (χ0) is 22.7. The maximum atomic E-state index is 13.3. The van der Waals surface area contributed by atoms with Crippen LogP contribution in [0.4, 0.5) is 11.4 Å². The number of hydrogen-bond donors (Lipinski definition) is 0. The van der Waals surface area contributed by atoms with E-state index >= 15 is 0 Å². The first-order valence-corrected chi connectivity index (χ1v) is 11.8. The van der Waals surface area contributed by atoms with Gasteiger partial charge in [0.2, 0.25) is 0 Å². The summed E-state index contributed by atoms with van der Waals surface area (Å²) >= 11 is 0. The molecule has 0 heterocycles. The monoisotopic (exact) mass is 444 g/mol. The predicted molar refractivity (Wildman–Crippen MR) is 130 cm³/mol. The summed E-state index contributed by atoms with van der Waals surface area (Å²) in [5, 5.41) is 2.13. The first kappa shape index (κ1) is 21.6. The average molecular weight is 445 g/mol. The highest BCUT2D eigenvalue weighted by Gasteiger charge is 2.24. The lowest BCUT2D eigenvalue weighted by atomic mass is 10.1. The summed E-state index contributed by atoms with van der Waals surface area (Å²) in [5.74, 6) is -0.248. The second-order valence-corrected chi connectivity index (χ2v) is 9.39. The molecule has 0 aliphatic heterocycles. The lowest BCUT2D eigenvalue weighted by Gasteiger charge is -2.23. The van der Waals surface area contributed by atoms with Gasteiger partial charge in [0.1, 0.15) is 0 Å². The van der Waals surface area contributed by atoms with Crippen molar-refractivity contribution >= 4 is 38.1 Å². The lowest BCUT2D eigenvalue weighted by molar-refractivity contribution is 0.0988. The third-order valence-electron chi connectivity index (χ3n) is 5.47. The van der Waals surface area contributed by atoms with Crippen molar-refractivity contribution in [3.8, 4) is 0 Å². The average Bonchev–Trinajstić information content (AvgIpc) is 2.84. The lowest BCUT2D eigenvalue weighted by Crippen LogP contribution is -2.31. The van der Waals surface area contributed by atoms with Gasteiger partial charge in [-0.2, -0.15) is 0 Å². The van der Waals surface area contributed by atoms with Gasteiger partial charge in [-0.1, -0.05) is 54.6 Å². The molecule has 0 unspecified atom stereocenters. The van der Waals surface area contributed by atoms with Gasteiger partial charge in [-0.3, -0.25) is 9.10 Å². The number of rotatable bonds is 6. The van der Waals surface area contributed by atoms with E-state index in [-0.39, 0.29) is 10.8 Å². The molecule has 6 heteroatoms. The topological polar surface area (TPSA) is 57.7 Å². The minimum atomic E-state index is -3.81. The van der Waals surface area contributed by atoms with Crippen LogP contribution in [0.25, 0.3) is 10.8 Å². The van der Waals surface area contributed by atoms with Gasteiger partial charge in [0.15, 0.2) is 0 Å². The summed E-state index contributed by atoms with van der Waals surface area (Å²) < 4.78 is 27.5. The SMILES string of the molecule is CCN(C(=O)c1cccc(S(=O)(=O)N(C)c2ccccc2)c1)c1ccc2ccccc2c1. The Bertz CT molecular complexity index is 1370. The van der Waals surface area contributed by atoms with E-state index in [0.717, 1.165) is 16.5 Å². The van der Waals surface area contributed by atoms with E-state index in [1.807, 2.05) is 55.5 Å². The summed E-state index contributed by atoms with van der Waals surface area (Å²) in [6.07, 6.45) is 0. The molecule has 0 aliphatic carbocycles. The van der Waals surface area contributed by atoms with Crippen LogP contribution in [0.3, 0.4) is 0 Å². The zero-order valence-electron chi connectivity index (χ0n) is 18.0. The molecule has 0 bridgehead atoms. The summed E-state index contributed by atoms with van der Waals surface area (Å²) in [6.45, 7) is 2.36. The highest BCUT2D eigenvalue weighted by Crippen LogP contribution is 2.26. The van der Waals surface area contributed by atoms with E-state index in [4.69, 9.17) is 0 Å². The fraction of sp³-hybridized carbons (Fsp3) is 0.115.